The SMILES string of the molecule is CC(C)(C)OC(=O)N[C@@H](Cc1ccc(O)cc1)C(=O)NCC(=O)NCC(=O)N[C@@H](Cc1ccccc1)C(=O)OCc1ccccc1. The minimum Gasteiger partial charge on any atom is -0.508 e. The van der Waals surface area contributed by atoms with E-state index < -0.39 is 60.6 Å². The Morgan fingerprint density at radius 2 is 1.22 bits per heavy atom. The highest BCUT2D eigenvalue weighted by Gasteiger charge is 2.26. The maximum Gasteiger partial charge on any atom is 0.408 e. The zero-order valence-corrected chi connectivity index (χ0v) is 26.1. The molecule has 46 heavy (non-hydrogen) atoms. The molecule has 3 aromatic carbocycles. The Balaban J connectivity index is 1.54. The van der Waals surface area contributed by atoms with Gasteiger partial charge in [-0.1, -0.05) is 72.8 Å². The summed E-state index contributed by atoms with van der Waals surface area (Å²) in [6.45, 7) is 4.13. The summed E-state index contributed by atoms with van der Waals surface area (Å²) in [4.78, 5) is 63.5. The highest BCUT2D eigenvalue weighted by atomic mass is 16.6. The molecule has 0 spiro atoms. The number of benzene rings is 3. The van der Waals surface area contributed by atoms with E-state index in [0.29, 0.717) is 5.56 Å². The predicted molar refractivity (Wildman–Crippen MR) is 169 cm³/mol. The van der Waals surface area contributed by atoms with Crippen LogP contribution in [0.3, 0.4) is 0 Å². The lowest BCUT2D eigenvalue weighted by atomic mass is 10.1. The number of carbonyl (C=O) groups is 5. The first-order valence-corrected chi connectivity index (χ1v) is 14.7. The van der Waals surface area contributed by atoms with E-state index in [1.165, 1.54) is 12.1 Å². The van der Waals surface area contributed by atoms with Gasteiger partial charge in [-0.05, 0) is 49.6 Å². The fourth-order valence-electron chi connectivity index (χ4n) is 4.18. The standard InChI is InChI=1S/C34H40N4O8/c1-34(2,3)46-33(44)38-27(18-24-14-16-26(39)17-15-24)31(42)36-20-29(40)35-21-30(41)37-28(19-23-10-6-4-7-11-23)32(43)45-22-25-12-8-5-9-13-25/h4-17,27-28,39H,18-22H2,1-3H3,(H,35,40)(H,36,42)(H,37,41)(H,38,44)/t27-,28-/m0/s1. The fraction of sp³-hybridized carbons (Fsp3) is 0.324. The molecule has 12 heteroatoms. The van der Waals surface area contributed by atoms with Gasteiger partial charge in [-0.3, -0.25) is 14.4 Å². The number of hydrogen-bond donors (Lipinski definition) is 5. The number of carbonyl (C=O) groups excluding carboxylic acids is 5. The third kappa shape index (κ3) is 13.1. The van der Waals surface area contributed by atoms with Crippen molar-refractivity contribution in [3.63, 3.8) is 0 Å². The zero-order chi connectivity index (χ0) is 33.5. The molecule has 0 aromatic heterocycles. The van der Waals surface area contributed by atoms with Crippen molar-refractivity contribution in [1.29, 1.82) is 0 Å². The lowest BCUT2D eigenvalue weighted by Crippen LogP contribution is -2.52. The van der Waals surface area contributed by atoms with Gasteiger partial charge < -0.3 is 35.8 Å². The van der Waals surface area contributed by atoms with E-state index in [-0.39, 0.29) is 25.2 Å². The maximum atomic E-state index is 13.0. The van der Waals surface area contributed by atoms with Gasteiger partial charge in [0.25, 0.3) is 0 Å². The Morgan fingerprint density at radius 3 is 1.83 bits per heavy atom. The molecule has 3 rings (SSSR count). The predicted octanol–water partition coefficient (Wildman–Crippen LogP) is 2.53. The molecular formula is C34H40N4O8. The molecule has 0 fully saturated rings. The van der Waals surface area contributed by atoms with Crippen LogP contribution in [0.1, 0.15) is 37.5 Å². The second-order valence-electron chi connectivity index (χ2n) is 11.5. The number of esters is 1. The van der Waals surface area contributed by atoms with Crippen LogP contribution in [0, 0.1) is 0 Å². The van der Waals surface area contributed by atoms with Crippen LogP contribution in [0.15, 0.2) is 84.9 Å². The Kier molecular flexibility index (Phi) is 13.1. The van der Waals surface area contributed by atoms with Crippen molar-refractivity contribution in [2.24, 2.45) is 0 Å². The summed E-state index contributed by atoms with van der Waals surface area (Å²) in [6, 6.07) is 22.2. The van der Waals surface area contributed by atoms with Gasteiger partial charge in [0, 0.05) is 12.8 Å². The summed E-state index contributed by atoms with van der Waals surface area (Å²) >= 11 is 0. The molecule has 5 N–H and O–H groups in total. The second-order valence-corrected chi connectivity index (χ2v) is 11.5. The minimum absolute atomic E-state index is 0.0355. The van der Waals surface area contributed by atoms with Gasteiger partial charge in [-0.15, -0.1) is 0 Å². The summed E-state index contributed by atoms with van der Waals surface area (Å²) in [6.07, 6.45) is -0.588. The number of hydrogen-bond acceptors (Lipinski definition) is 8. The van der Waals surface area contributed by atoms with Crippen LogP contribution in [0.4, 0.5) is 4.79 Å². The van der Waals surface area contributed by atoms with Gasteiger partial charge in [0.15, 0.2) is 0 Å². The Hall–Kier alpha value is -5.39. The van der Waals surface area contributed by atoms with Crippen molar-refractivity contribution in [2.45, 2.75) is 57.9 Å². The van der Waals surface area contributed by atoms with E-state index >= 15 is 0 Å². The lowest BCUT2D eigenvalue weighted by molar-refractivity contribution is -0.149. The molecule has 0 bridgehead atoms. The number of nitrogens with one attached hydrogen (secondary N) is 4. The molecule has 0 aliphatic carbocycles. The van der Waals surface area contributed by atoms with E-state index in [1.54, 1.807) is 32.9 Å². The zero-order valence-electron chi connectivity index (χ0n) is 26.1. The number of phenolic OH excluding ortho intramolecular Hbond substituents is 1. The Morgan fingerprint density at radius 1 is 0.674 bits per heavy atom. The molecule has 3 aromatic rings. The van der Waals surface area contributed by atoms with Gasteiger partial charge in [-0.25, -0.2) is 9.59 Å². The molecule has 0 aliphatic heterocycles. The molecule has 0 saturated carbocycles. The third-order valence-electron chi connectivity index (χ3n) is 6.38. The minimum atomic E-state index is -1.10. The topological polar surface area (TPSA) is 172 Å². The molecule has 0 radical (unpaired) electrons. The number of amides is 4. The molecule has 0 heterocycles. The van der Waals surface area contributed by atoms with Crippen molar-refractivity contribution in [2.75, 3.05) is 13.1 Å². The summed E-state index contributed by atoms with van der Waals surface area (Å²) in [5.74, 6) is -2.55. The number of phenols is 1. The van der Waals surface area contributed by atoms with Gasteiger partial charge in [0.2, 0.25) is 17.7 Å². The van der Waals surface area contributed by atoms with Crippen molar-refractivity contribution >= 4 is 29.8 Å². The van der Waals surface area contributed by atoms with Gasteiger partial charge in [0.05, 0.1) is 13.1 Å². The first-order valence-electron chi connectivity index (χ1n) is 14.7. The fourth-order valence-corrected chi connectivity index (χ4v) is 4.18. The highest BCUT2D eigenvalue weighted by Crippen LogP contribution is 2.13. The molecule has 2 atom stereocenters. The van der Waals surface area contributed by atoms with E-state index in [9.17, 15) is 29.1 Å². The molecule has 244 valence electrons. The van der Waals surface area contributed by atoms with Crippen molar-refractivity contribution in [1.82, 2.24) is 21.3 Å². The van der Waals surface area contributed by atoms with Crippen LogP contribution < -0.4 is 21.3 Å². The summed E-state index contributed by atoms with van der Waals surface area (Å²) in [5.41, 5.74) is 1.44. The average Bonchev–Trinajstić information content (AvgIpc) is 3.02. The first kappa shape index (κ1) is 35.1. The maximum absolute atomic E-state index is 13.0. The normalized spacial score (nSPS) is 12.2. The van der Waals surface area contributed by atoms with Crippen molar-refractivity contribution in [3.05, 3.63) is 102 Å². The van der Waals surface area contributed by atoms with E-state index in [0.717, 1.165) is 11.1 Å². The van der Waals surface area contributed by atoms with Crippen LogP contribution in [0.2, 0.25) is 0 Å². The van der Waals surface area contributed by atoms with Gasteiger partial charge >= 0.3 is 12.1 Å². The van der Waals surface area contributed by atoms with E-state index in [1.807, 2.05) is 60.7 Å². The average molecular weight is 633 g/mol. The first-order chi connectivity index (χ1) is 21.9. The van der Waals surface area contributed by atoms with Crippen molar-refractivity contribution < 1.29 is 38.6 Å². The lowest BCUT2D eigenvalue weighted by Gasteiger charge is -2.23. The Labute approximate surface area is 267 Å². The van der Waals surface area contributed by atoms with Crippen LogP contribution in [-0.4, -0.2) is 65.7 Å². The molecule has 4 amide bonds. The summed E-state index contributed by atoms with van der Waals surface area (Å²) < 4.78 is 10.7. The van der Waals surface area contributed by atoms with Crippen LogP contribution in [0.25, 0.3) is 0 Å². The smallest absolute Gasteiger partial charge is 0.408 e. The number of ether oxygens (including phenoxy) is 2. The van der Waals surface area contributed by atoms with Crippen molar-refractivity contribution in [3.8, 4) is 5.75 Å². The molecule has 12 nitrogen and oxygen atoms in total. The number of aromatic hydroxyl groups is 1. The molecular weight excluding hydrogens is 592 g/mol. The van der Waals surface area contributed by atoms with Crippen LogP contribution in [0.5, 0.6) is 5.75 Å². The van der Waals surface area contributed by atoms with Crippen LogP contribution in [-0.2, 0) is 48.1 Å². The number of alkyl carbamates (subject to hydrolysis) is 1. The van der Waals surface area contributed by atoms with Crippen LogP contribution >= 0.6 is 0 Å². The number of rotatable bonds is 14. The molecule has 0 aliphatic rings. The molecule has 0 unspecified atom stereocenters. The van der Waals surface area contributed by atoms with E-state index in [4.69, 9.17) is 9.47 Å². The second kappa shape index (κ2) is 17.2. The molecule has 0 saturated heterocycles. The monoisotopic (exact) mass is 632 g/mol. The quantitative estimate of drug-likeness (QED) is 0.169. The largest absolute Gasteiger partial charge is 0.508 e. The van der Waals surface area contributed by atoms with E-state index in [2.05, 4.69) is 21.3 Å². The van der Waals surface area contributed by atoms with Gasteiger partial charge in [-0.2, -0.15) is 0 Å². The summed E-state index contributed by atoms with van der Waals surface area (Å²) in [7, 11) is 0. The third-order valence-corrected chi connectivity index (χ3v) is 6.38. The summed E-state index contributed by atoms with van der Waals surface area (Å²) in [5, 5.41) is 19.5. The highest BCUT2D eigenvalue weighted by molar-refractivity contribution is 5.92. The Bertz CT molecular complexity index is 1460. The van der Waals surface area contributed by atoms with Gasteiger partial charge in [0.1, 0.15) is 30.0 Å².